The second-order valence-corrected chi connectivity index (χ2v) is 5.15. The van der Waals surface area contributed by atoms with E-state index < -0.39 is 0 Å². The zero-order valence-electron chi connectivity index (χ0n) is 11.7. The van der Waals surface area contributed by atoms with Crippen LogP contribution < -0.4 is 5.32 Å². The van der Waals surface area contributed by atoms with Gasteiger partial charge in [-0.15, -0.1) is 0 Å². The fourth-order valence-corrected chi connectivity index (χ4v) is 2.53. The Labute approximate surface area is 114 Å². The van der Waals surface area contributed by atoms with Crippen molar-refractivity contribution >= 4 is 5.91 Å². The molecule has 0 unspecified atom stereocenters. The van der Waals surface area contributed by atoms with Crippen LogP contribution in [0.3, 0.4) is 0 Å². The SMILES string of the molecule is CCCC(=O)N1CCC(NCCc2ncc[nH]2)CC1. The summed E-state index contributed by atoms with van der Waals surface area (Å²) in [7, 11) is 0. The summed E-state index contributed by atoms with van der Waals surface area (Å²) in [4.78, 5) is 21.1. The van der Waals surface area contributed by atoms with E-state index in [1.165, 1.54) is 0 Å². The number of H-pyrrole nitrogens is 1. The minimum absolute atomic E-state index is 0.316. The molecular formula is C14H24N4O. The third-order valence-electron chi connectivity index (χ3n) is 3.66. The number of rotatable bonds is 6. The number of aromatic amines is 1. The first-order valence-corrected chi connectivity index (χ1v) is 7.29. The van der Waals surface area contributed by atoms with Crippen LogP contribution >= 0.6 is 0 Å². The zero-order chi connectivity index (χ0) is 13.5. The van der Waals surface area contributed by atoms with Crippen molar-refractivity contribution in [3.05, 3.63) is 18.2 Å². The Kier molecular flexibility index (Phi) is 5.39. The number of piperidine rings is 1. The molecule has 1 amide bonds. The van der Waals surface area contributed by atoms with E-state index in [0.717, 1.165) is 51.1 Å². The van der Waals surface area contributed by atoms with E-state index in [1.807, 2.05) is 11.1 Å². The van der Waals surface area contributed by atoms with Crippen molar-refractivity contribution in [1.82, 2.24) is 20.2 Å². The molecule has 5 nitrogen and oxygen atoms in total. The second-order valence-electron chi connectivity index (χ2n) is 5.15. The smallest absolute Gasteiger partial charge is 0.222 e. The van der Waals surface area contributed by atoms with Gasteiger partial charge in [0, 0.05) is 50.9 Å². The Morgan fingerprint density at radius 2 is 2.32 bits per heavy atom. The van der Waals surface area contributed by atoms with E-state index in [1.54, 1.807) is 6.20 Å². The monoisotopic (exact) mass is 264 g/mol. The molecule has 0 aromatic carbocycles. The number of hydrogen-bond acceptors (Lipinski definition) is 3. The van der Waals surface area contributed by atoms with Crippen LogP contribution in [0.4, 0.5) is 0 Å². The first-order valence-electron chi connectivity index (χ1n) is 7.29. The lowest BCUT2D eigenvalue weighted by Crippen LogP contribution is -2.45. The van der Waals surface area contributed by atoms with Gasteiger partial charge < -0.3 is 15.2 Å². The number of carbonyl (C=O) groups excluding carboxylic acids is 1. The molecule has 1 aliphatic rings. The van der Waals surface area contributed by atoms with Gasteiger partial charge in [-0.25, -0.2) is 4.98 Å². The lowest BCUT2D eigenvalue weighted by Gasteiger charge is -2.32. The molecule has 2 rings (SSSR count). The number of nitrogens with one attached hydrogen (secondary N) is 2. The molecule has 1 aromatic heterocycles. The molecule has 1 aliphatic heterocycles. The van der Waals surface area contributed by atoms with Crippen molar-refractivity contribution in [3.8, 4) is 0 Å². The minimum Gasteiger partial charge on any atom is -0.349 e. The van der Waals surface area contributed by atoms with Gasteiger partial charge in [0.2, 0.25) is 5.91 Å². The van der Waals surface area contributed by atoms with Crippen LogP contribution in [-0.2, 0) is 11.2 Å². The Balaban J connectivity index is 1.62. The van der Waals surface area contributed by atoms with E-state index >= 15 is 0 Å². The molecule has 0 radical (unpaired) electrons. The first kappa shape index (κ1) is 14.1. The largest absolute Gasteiger partial charge is 0.349 e. The molecule has 19 heavy (non-hydrogen) atoms. The number of aromatic nitrogens is 2. The summed E-state index contributed by atoms with van der Waals surface area (Å²) >= 11 is 0. The molecule has 106 valence electrons. The number of carbonyl (C=O) groups is 1. The molecule has 2 N–H and O–H groups in total. The van der Waals surface area contributed by atoms with E-state index in [4.69, 9.17) is 0 Å². The van der Waals surface area contributed by atoms with Crippen LogP contribution in [0, 0.1) is 0 Å². The topological polar surface area (TPSA) is 61.0 Å². The van der Waals surface area contributed by atoms with E-state index in [-0.39, 0.29) is 0 Å². The highest BCUT2D eigenvalue weighted by molar-refractivity contribution is 5.76. The number of nitrogens with zero attached hydrogens (tertiary/aromatic N) is 2. The maximum absolute atomic E-state index is 11.8. The van der Waals surface area contributed by atoms with Crippen molar-refractivity contribution in [2.24, 2.45) is 0 Å². The minimum atomic E-state index is 0.316. The van der Waals surface area contributed by atoms with Crippen LogP contribution in [-0.4, -0.2) is 46.5 Å². The maximum Gasteiger partial charge on any atom is 0.222 e. The lowest BCUT2D eigenvalue weighted by atomic mass is 10.0. The van der Waals surface area contributed by atoms with Crippen LogP contribution in [0.2, 0.25) is 0 Å². The number of imidazole rings is 1. The fourth-order valence-electron chi connectivity index (χ4n) is 2.53. The van der Waals surface area contributed by atoms with Gasteiger partial charge in [0.1, 0.15) is 5.82 Å². The Morgan fingerprint density at radius 1 is 1.53 bits per heavy atom. The Hall–Kier alpha value is -1.36. The van der Waals surface area contributed by atoms with Crippen molar-refractivity contribution < 1.29 is 4.79 Å². The molecule has 1 aromatic rings. The zero-order valence-corrected chi connectivity index (χ0v) is 11.7. The Bertz CT molecular complexity index is 369. The highest BCUT2D eigenvalue weighted by Gasteiger charge is 2.21. The summed E-state index contributed by atoms with van der Waals surface area (Å²) in [5, 5.41) is 3.55. The van der Waals surface area contributed by atoms with Gasteiger partial charge in [0.15, 0.2) is 0 Å². The van der Waals surface area contributed by atoms with Gasteiger partial charge in [-0.05, 0) is 19.3 Å². The molecule has 0 spiro atoms. The summed E-state index contributed by atoms with van der Waals surface area (Å²) in [5.41, 5.74) is 0. The van der Waals surface area contributed by atoms with Crippen LogP contribution in [0.15, 0.2) is 12.4 Å². The predicted octanol–water partition coefficient (Wildman–Crippen LogP) is 1.33. The van der Waals surface area contributed by atoms with Gasteiger partial charge in [-0.3, -0.25) is 4.79 Å². The predicted molar refractivity (Wildman–Crippen MR) is 74.8 cm³/mol. The lowest BCUT2D eigenvalue weighted by molar-refractivity contribution is -0.132. The first-order chi connectivity index (χ1) is 9.29. The van der Waals surface area contributed by atoms with E-state index in [9.17, 15) is 4.79 Å². The van der Waals surface area contributed by atoms with E-state index in [0.29, 0.717) is 18.4 Å². The van der Waals surface area contributed by atoms with Crippen LogP contribution in [0.25, 0.3) is 0 Å². The van der Waals surface area contributed by atoms with E-state index in [2.05, 4.69) is 22.2 Å². The van der Waals surface area contributed by atoms with Gasteiger partial charge >= 0.3 is 0 Å². The number of amides is 1. The van der Waals surface area contributed by atoms with Crippen molar-refractivity contribution in [3.63, 3.8) is 0 Å². The molecule has 0 aliphatic carbocycles. The molecular weight excluding hydrogens is 240 g/mol. The summed E-state index contributed by atoms with van der Waals surface area (Å²) in [5.74, 6) is 1.35. The molecule has 1 saturated heterocycles. The fraction of sp³-hybridized carbons (Fsp3) is 0.714. The molecule has 0 bridgehead atoms. The standard InChI is InChI=1S/C14H24N4O/c1-2-3-14(19)18-10-5-12(6-11-18)15-7-4-13-16-8-9-17-13/h8-9,12,15H,2-7,10-11H2,1H3,(H,16,17). The van der Waals surface area contributed by atoms with Gasteiger partial charge in [-0.1, -0.05) is 6.92 Å². The maximum atomic E-state index is 11.8. The molecule has 5 heteroatoms. The summed E-state index contributed by atoms with van der Waals surface area (Å²) in [6.07, 6.45) is 8.33. The summed E-state index contributed by atoms with van der Waals surface area (Å²) in [6, 6.07) is 0.542. The number of likely N-dealkylation sites (tertiary alicyclic amines) is 1. The third kappa shape index (κ3) is 4.35. The molecule has 1 fully saturated rings. The Morgan fingerprint density at radius 3 is 2.95 bits per heavy atom. The summed E-state index contributed by atoms with van der Waals surface area (Å²) < 4.78 is 0. The molecule has 0 saturated carbocycles. The quantitative estimate of drug-likeness (QED) is 0.815. The number of hydrogen-bond donors (Lipinski definition) is 2. The third-order valence-corrected chi connectivity index (χ3v) is 3.66. The van der Waals surface area contributed by atoms with Crippen molar-refractivity contribution in [2.45, 2.75) is 45.1 Å². The molecule has 0 atom stereocenters. The summed E-state index contributed by atoms with van der Waals surface area (Å²) in [6.45, 7) is 4.80. The molecule has 2 heterocycles. The average molecular weight is 264 g/mol. The van der Waals surface area contributed by atoms with Gasteiger partial charge in [0.25, 0.3) is 0 Å². The average Bonchev–Trinajstić information content (AvgIpc) is 2.93. The van der Waals surface area contributed by atoms with Gasteiger partial charge in [-0.2, -0.15) is 0 Å². The van der Waals surface area contributed by atoms with Crippen LogP contribution in [0.5, 0.6) is 0 Å². The van der Waals surface area contributed by atoms with Crippen molar-refractivity contribution in [2.75, 3.05) is 19.6 Å². The van der Waals surface area contributed by atoms with Gasteiger partial charge in [0.05, 0.1) is 0 Å². The van der Waals surface area contributed by atoms with Crippen LogP contribution in [0.1, 0.15) is 38.4 Å². The normalized spacial score (nSPS) is 16.8. The van der Waals surface area contributed by atoms with Crippen molar-refractivity contribution in [1.29, 1.82) is 0 Å². The highest BCUT2D eigenvalue weighted by Crippen LogP contribution is 2.12. The second kappa shape index (κ2) is 7.28. The highest BCUT2D eigenvalue weighted by atomic mass is 16.2.